The van der Waals surface area contributed by atoms with Crippen molar-refractivity contribution in [1.29, 1.82) is 0 Å². The van der Waals surface area contributed by atoms with Crippen LogP contribution in [0.4, 0.5) is 14.5 Å². The van der Waals surface area contributed by atoms with Gasteiger partial charge < -0.3 is 9.42 Å². The second-order valence-corrected chi connectivity index (χ2v) is 6.34. The molecule has 132 valence electrons. The number of hydrogen-bond donors (Lipinski definition) is 0. The summed E-state index contributed by atoms with van der Waals surface area (Å²) in [4.78, 5) is 17.9. The minimum atomic E-state index is -0.790. The predicted molar refractivity (Wildman–Crippen MR) is 90.8 cm³/mol. The Kier molecular flexibility index (Phi) is 4.16. The first kappa shape index (κ1) is 16.7. The predicted octanol–water partition coefficient (Wildman–Crippen LogP) is 4.19. The lowest BCUT2D eigenvalue weighted by Crippen LogP contribution is -2.25. The first-order valence-electron chi connectivity index (χ1n) is 7.87. The van der Waals surface area contributed by atoms with Crippen molar-refractivity contribution < 1.29 is 18.1 Å². The van der Waals surface area contributed by atoms with Gasteiger partial charge >= 0.3 is 0 Å². The van der Waals surface area contributed by atoms with Crippen molar-refractivity contribution in [2.45, 2.75) is 12.3 Å². The van der Waals surface area contributed by atoms with Crippen molar-refractivity contribution in [1.82, 2.24) is 10.1 Å². The third-order valence-corrected chi connectivity index (χ3v) is 4.56. The molecule has 2 aromatic carbocycles. The molecule has 1 aromatic heterocycles. The molecule has 0 saturated carbocycles. The van der Waals surface area contributed by atoms with Gasteiger partial charge in [-0.15, -0.1) is 0 Å². The SMILES string of the molecule is O=C1CC(c2nc(-c3ccccc3Cl)no2)CN1c1ccc(F)cc1F. The molecular weight excluding hydrogens is 364 g/mol. The van der Waals surface area contributed by atoms with Gasteiger partial charge in [0.25, 0.3) is 0 Å². The van der Waals surface area contributed by atoms with Gasteiger partial charge in [-0.2, -0.15) is 4.98 Å². The topological polar surface area (TPSA) is 59.2 Å². The highest BCUT2D eigenvalue weighted by Crippen LogP contribution is 2.34. The van der Waals surface area contributed by atoms with Gasteiger partial charge in [0.1, 0.15) is 11.6 Å². The number of anilines is 1. The zero-order valence-corrected chi connectivity index (χ0v) is 14.1. The van der Waals surface area contributed by atoms with E-state index in [9.17, 15) is 13.6 Å². The van der Waals surface area contributed by atoms with Crippen molar-refractivity contribution in [3.63, 3.8) is 0 Å². The van der Waals surface area contributed by atoms with Gasteiger partial charge in [-0.1, -0.05) is 28.9 Å². The molecule has 1 atom stereocenters. The number of carbonyl (C=O) groups is 1. The number of amides is 1. The zero-order chi connectivity index (χ0) is 18.3. The summed E-state index contributed by atoms with van der Waals surface area (Å²) in [6.45, 7) is 0.172. The summed E-state index contributed by atoms with van der Waals surface area (Å²) in [5.41, 5.74) is 0.652. The quantitative estimate of drug-likeness (QED) is 0.688. The first-order valence-corrected chi connectivity index (χ1v) is 8.24. The Morgan fingerprint density at radius 1 is 1.19 bits per heavy atom. The molecule has 5 nitrogen and oxygen atoms in total. The van der Waals surface area contributed by atoms with Crippen LogP contribution >= 0.6 is 11.6 Å². The number of halogens is 3. The highest BCUT2D eigenvalue weighted by Gasteiger charge is 2.36. The van der Waals surface area contributed by atoms with Crippen molar-refractivity contribution in [3.8, 4) is 11.4 Å². The second-order valence-electron chi connectivity index (χ2n) is 5.94. The molecule has 0 aliphatic carbocycles. The van der Waals surface area contributed by atoms with Crippen molar-refractivity contribution >= 4 is 23.2 Å². The van der Waals surface area contributed by atoms with Crippen molar-refractivity contribution in [3.05, 3.63) is 65.0 Å². The summed E-state index contributed by atoms with van der Waals surface area (Å²) in [6, 6.07) is 10.2. The fourth-order valence-corrected chi connectivity index (χ4v) is 3.18. The average molecular weight is 376 g/mol. The maximum atomic E-state index is 14.0. The summed E-state index contributed by atoms with van der Waals surface area (Å²) in [6.07, 6.45) is 0.0982. The van der Waals surface area contributed by atoms with E-state index < -0.39 is 11.6 Å². The Balaban J connectivity index is 1.59. The largest absolute Gasteiger partial charge is 0.339 e. The molecule has 1 amide bonds. The van der Waals surface area contributed by atoms with Crippen LogP contribution in [-0.4, -0.2) is 22.6 Å². The molecule has 1 aliphatic rings. The fraction of sp³-hybridized carbons (Fsp3) is 0.167. The number of benzene rings is 2. The standard InChI is InChI=1S/C18H12ClF2N3O2/c19-13-4-2-1-3-12(13)17-22-18(26-23-17)10-7-16(25)24(9-10)15-6-5-11(20)8-14(15)21/h1-6,8,10H,7,9H2. The second kappa shape index (κ2) is 6.49. The number of hydrogen-bond acceptors (Lipinski definition) is 4. The van der Waals surface area contributed by atoms with E-state index in [1.54, 1.807) is 24.3 Å². The Hall–Kier alpha value is -2.80. The van der Waals surface area contributed by atoms with Crippen LogP contribution in [0.2, 0.25) is 5.02 Å². The van der Waals surface area contributed by atoms with Gasteiger partial charge in [0.15, 0.2) is 0 Å². The number of aromatic nitrogens is 2. The van der Waals surface area contributed by atoms with E-state index in [1.807, 2.05) is 0 Å². The monoisotopic (exact) mass is 375 g/mol. The Bertz CT molecular complexity index is 992. The molecule has 0 bridgehead atoms. The van der Waals surface area contributed by atoms with Crippen molar-refractivity contribution in [2.24, 2.45) is 0 Å². The summed E-state index contributed by atoms with van der Waals surface area (Å²) < 4.78 is 32.3. The number of carbonyl (C=O) groups excluding carboxylic acids is 1. The van der Waals surface area contributed by atoms with Crippen LogP contribution in [0.3, 0.4) is 0 Å². The Morgan fingerprint density at radius 3 is 2.77 bits per heavy atom. The minimum Gasteiger partial charge on any atom is -0.339 e. The van der Waals surface area contributed by atoms with Gasteiger partial charge in [0.2, 0.25) is 17.6 Å². The molecule has 1 unspecified atom stereocenters. The lowest BCUT2D eigenvalue weighted by atomic mass is 10.1. The van der Waals surface area contributed by atoms with Gasteiger partial charge in [0, 0.05) is 24.6 Å². The highest BCUT2D eigenvalue weighted by molar-refractivity contribution is 6.33. The normalized spacial score (nSPS) is 17.1. The molecule has 4 rings (SSSR count). The summed E-state index contributed by atoms with van der Waals surface area (Å²) in [5.74, 6) is -1.56. The molecule has 0 radical (unpaired) electrons. The summed E-state index contributed by atoms with van der Waals surface area (Å²) in [5, 5.41) is 4.40. The molecule has 2 heterocycles. The van der Waals surface area contributed by atoms with E-state index in [4.69, 9.17) is 16.1 Å². The van der Waals surface area contributed by atoms with Gasteiger partial charge in [-0.25, -0.2) is 8.78 Å². The smallest absolute Gasteiger partial charge is 0.232 e. The van der Waals surface area contributed by atoms with E-state index in [-0.39, 0.29) is 36.4 Å². The van der Waals surface area contributed by atoms with Crippen molar-refractivity contribution in [2.75, 3.05) is 11.4 Å². The van der Waals surface area contributed by atoms with E-state index in [2.05, 4.69) is 10.1 Å². The van der Waals surface area contributed by atoms with Gasteiger partial charge in [-0.05, 0) is 24.3 Å². The lowest BCUT2D eigenvalue weighted by Gasteiger charge is -2.16. The maximum absolute atomic E-state index is 14.0. The highest BCUT2D eigenvalue weighted by atomic mass is 35.5. The molecule has 1 aliphatic heterocycles. The molecule has 3 aromatic rings. The van der Waals surface area contributed by atoms with Crippen LogP contribution < -0.4 is 4.90 Å². The number of rotatable bonds is 3. The molecule has 8 heteroatoms. The lowest BCUT2D eigenvalue weighted by molar-refractivity contribution is -0.117. The molecule has 1 fully saturated rings. The average Bonchev–Trinajstić information content (AvgIpc) is 3.22. The molecular formula is C18H12ClF2N3O2. The zero-order valence-electron chi connectivity index (χ0n) is 13.3. The van der Waals surface area contributed by atoms with Crippen LogP contribution in [0, 0.1) is 11.6 Å². The molecule has 1 saturated heterocycles. The summed E-state index contributed by atoms with van der Waals surface area (Å²) >= 11 is 6.13. The third kappa shape index (κ3) is 2.94. The Morgan fingerprint density at radius 2 is 2.00 bits per heavy atom. The van der Waals surface area contributed by atoms with Crippen LogP contribution in [0.15, 0.2) is 47.0 Å². The van der Waals surface area contributed by atoms with E-state index in [0.717, 1.165) is 12.1 Å². The van der Waals surface area contributed by atoms with Crippen LogP contribution in [0.25, 0.3) is 11.4 Å². The van der Waals surface area contributed by atoms with E-state index in [1.165, 1.54) is 11.0 Å². The molecule has 0 N–H and O–H groups in total. The number of nitrogens with zero attached hydrogens (tertiary/aromatic N) is 3. The minimum absolute atomic E-state index is 0.0322. The third-order valence-electron chi connectivity index (χ3n) is 4.23. The Labute approximate surface area is 152 Å². The fourth-order valence-electron chi connectivity index (χ4n) is 2.96. The van der Waals surface area contributed by atoms with E-state index >= 15 is 0 Å². The van der Waals surface area contributed by atoms with E-state index in [0.29, 0.717) is 16.4 Å². The van der Waals surface area contributed by atoms with Crippen LogP contribution in [-0.2, 0) is 4.79 Å². The van der Waals surface area contributed by atoms with Gasteiger partial charge in [0.05, 0.1) is 16.6 Å². The maximum Gasteiger partial charge on any atom is 0.232 e. The first-order chi connectivity index (χ1) is 12.5. The van der Waals surface area contributed by atoms with Crippen LogP contribution in [0.5, 0.6) is 0 Å². The molecule has 26 heavy (non-hydrogen) atoms. The summed E-state index contributed by atoms with van der Waals surface area (Å²) in [7, 11) is 0. The van der Waals surface area contributed by atoms with Crippen LogP contribution in [0.1, 0.15) is 18.2 Å². The van der Waals surface area contributed by atoms with Gasteiger partial charge in [-0.3, -0.25) is 4.79 Å². The molecule has 0 spiro atoms.